The number of hydrogen-bond acceptors (Lipinski definition) is 6. The molecule has 0 saturated heterocycles. The molecule has 0 amide bonds. The van der Waals surface area contributed by atoms with E-state index < -0.39 is 0 Å². The van der Waals surface area contributed by atoms with Gasteiger partial charge in [0, 0.05) is 26.9 Å². The molecule has 74 valence electrons. The van der Waals surface area contributed by atoms with Crippen molar-refractivity contribution in [1.29, 1.82) is 0 Å². The third-order valence-electron chi connectivity index (χ3n) is 1.99. The lowest BCUT2D eigenvalue weighted by molar-refractivity contribution is 0.642. The van der Waals surface area contributed by atoms with Gasteiger partial charge in [0.2, 0.25) is 0 Å². The van der Waals surface area contributed by atoms with E-state index in [0.29, 0.717) is 0 Å². The summed E-state index contributed by atoms with van der Waals surface area (Å²) in [6.07, 6.45) is 1.47. The van der Waals surface area contributed by atoms with Gasteiger partial charge in [-0.3, -0.25) is 0 Å². The van der Waals surface area contributed by atoms with E-state index in [9.17, 15) is 0 Å². The van der Waals surface area contributed by atoms with Crippen LogP contribution in [0, 0.1) is 0 Å². The van der Waals surface area contributed by atoms with Crippen LogP contribution in [0.3, 0.4) is 0 Å². The summed E-state index contributed by atoms with van der Waals surface area (Å²) in [5, 5.41) is 22.3. The zero-order valence-electron chi connectivity index (χ0n) is 7.99. The zero-order valence-corrected chi connectivity index (χ0v) is 7.99. The van der Waals surface area contributed by atoms with E-state index in [-0.39, 0.29) is 0 Å². The summed E-state index contributed by atoms with van der Waals surface area (Å²) in [7, 11) is 3.62. The first kappa shape index (κ1) is 8.73. The number of aromatic nitrogens is 8. The molecule has 2 rings (SSSR count). The summed E-state index contributed by atoms with van der Waals surface area (Å²) in [5.41, 5.74) is 0. The molecule has 0 saturated carbocycles. The number of tetrazole rings is 2. The average Bonchev–Trinajstić information content (AvgIpc) is 2.72. The fourth-order valence-electron chi connectivity index (χ4n) is 1.14. The van der Waals surface area contributed by atoms with Gasteiger partial charge in [0.15, 0.2) is 11.6 Å². The van der Waals surface area contributed by atoms with Crippen molar-refractivity contribution in [3.63, 3.8) is 0 Å². The first-order valence-corrected chi connectivity index (χ1v) is 4.20. The van der Waals surface area contributed by atoms with Gasteiger partial charge in [-0.25, -0.2) is 9.36 Å². The zero-order chi connectivity index (χ0) is 9.97. The molecule has 0 N–H and O–H groups in total. The molecular formula is C6H10N8. The Bertz CT molecular complexity index is 375. The number of rotatable bonds is 3. The normalized spacial score (nSPS) is 10.7. The van der Waals surface area contributed by atoms with Crippen molar-refractivity contribution in [3.8, 4) is 0 Å². The number of hydrogen-bond donors (Lipinski definition) is 0. The Morgan fingerprint density at radius 2 is 1.29 bits per heavy atom. The Kier molecular flexibility index (Phi) is 2.17. The molecule has 0 unspecified atom stereocenters. The van der Waals surface area contributed by atoms with Crippen molar-refractivity contribution in [2.75, 3.05) is 0 Å². The second-order valence-electron chi connectivity index (χ2n) is 2.94. The molecule has 8 nitrogen and oxygen atoms in total. The monoisotopic (exact) mass is 194 g/mol. The Morgan fingerprint density at radius 3 is 1.57 bits per heavy atom. The summed E-state index contributed by atoms with van der Waals surface area (Å²) >= 11 is 0. The van der Waals surface area contributed by atoms with Crippen LogP contribution in [0.5, 0.6) is 0 Å². The van der Waals surface area contributed by atoms with E-state index >= 15 is 0 Å². The van der Waals surface area contributed by atoms with Gasteiger partial charge in [0.1, 0.15) is 0 Å². The van der Waals surface area contributed by atoms with Crippen LogP contribution in [0.1, 0.15) is 11.6 Å². The highest BCUT2D eigenvalue weighted by atomic mass is 15.5. The van der Waals surface area contributed by atoms with Gasteiger partial charge in [0.05, 0.1) is 0 Å². The van der Waals surface area contributed by atoms with Gasteiger partial charge in [-0.1, -0.05) is 0 Å². The Morgan fingerprint density at radius 1 is 0.857 bits per heavy atom. The lowest BCUT2D eigenvalue weighted by Gasteiger charge is -1.97. The van der Waals surface area contributed by atoms with E-state index in [4.69, 9.17) is 0 Å². The van der Waals surface area contributed by atoms with Crippen molar-refractivity contribution < 1.29 is 0 Å². The lowest BCUT2D eigenvalue weighted by atomic mass is 10.3. The first-order valence-electron chi connectivity index (χ1n) is 4.20. The molecule has 14 heavy (non-hydrogen) atoms. The average molecular weight is 194 g/mol. The molecule has 0 fully saturated rings. The van der Waals surface area contributed by atoms with Gasteiger partial charge in [-0.2, -0.15) is 0 Å². The molecule has 0 spiro atoms. The minimum absolute atomic E-state index is 0.734. The van der Waals surface area contributed by atoms with E-state index in [1.807, 2.05) is 14.1 Å². The molecule has 0 aromatic carbocycles. The maximum atomic E-state index is 3.87. The van der Waals surface area contributed by atoms with Crippen LogP contribution in [-0.4, -0.2) is 40.4 Å². The van der Waals surface area contributed by atoms with Gasteiger partial charge < -0.3 is 0 Å². The highest BCUT2D eigenvalue weighted by molar-refractivity contribution is 4.88. The Hall–Kier alpha value is -1.86. The standard InChI is InChI=1S/C6H10N8/c1-13-5(7-9-11-13)3-4-6-8-10-12-14(6)2/h3-4H2,1-2H3. The van der Waals surface area contributed by atoms with E-state index in [1.54, 1.807) is 9.36 Å². The Labute approximate surface area is 79.9 Å². The van der Waals surface area contributed by atoms with E-state index in [0.717, 1.165) is 24.5 Å². The summed E-state index contributed by atoms with van der Waals surface area (Å²) in [6.45, 7) is 0. The molecule has 0 radical (unpaired) electrons. The third-order valence-corrected chi connectivity index (χ3v) is 1.99. The van der Waals surface area contributed by atoms with Crippen molar-refractivity contribution >= 4 is 0 Å². The maximum Gasteiger partial charge on any atom is 0.151 e. The van der Waals surface area contributed by atoms with Gasteiger partial charge in [-0.15, -0.1) is 10.2 Å². The van der Waals surface area contributed by atoms with Crippen molar-refractivity contribution in [3.05, 3.63) is 11.6 Å². The molecule has 2 heterocycles. The predicted molar refractivity (Wildman–Crippen MR) is 45.0 cm³/mol. The summed E-state index contributed by atoms with van der Waals surface area (Å²) in [4.78, 5) is 0. The largest absolute Gasteiger partial charge is 0.233 e. The van der Waals surface area contributed by atoms with Crippen LogP contribution in [0.2, 0.25) is 0 Å². The van der Waals surface area contributed by atoms with E-state index in [1.165, 1.54) is 0 Å². The summed E-state index contributed by atoms with van der Waals surface area (Å²) in [6, 6.07) is 0. The lowest BCUT2D eigenvalue weighted by Crippen LogP contribution is -2.05. The fourth-order valence-corrected chi connectivity index (χ4v) is 1.14. The van der Waals surface area contributed by atoms with Crippen molar-refractivity contribution in [2.24, 2.45) is 14.1 Å². The van der Waals surface area contributed by atoms with Crippen LogP contribution in [0.4, 0.5) is 0 Å². The van der Waals surface area contributed by atoms with Crippen LogP contribution in [-0.2, 0) is 26.9 Å². The maximum absolute atomic E-state index is 3.87. The fraction of sp³-hybridized carbons (Fsp3) is 0.667. The van der Waals surface area contributed by atoms with Gasteiger partial charge in [-0.05, 0) is 20.9 Å². The van der Waals surface area contributed by atoms with Gasteiger partial charge >= 0.3 is 0 Å². The third kappa shape index (κ3) is 1.58. The first-order chi connectivity index (χ1) is 6.77. The van der Waals surface area contributed by atoms with Crippen LogP contribution in [0.25, 0.3) is 0 Å². The second kappa shape index (κ2) is 3.48. The molecular weight excluding hydrogens is 184 g/mol. The molecule has 8 heteroatoms. The predicted octanol–water partition coefficient (Wildman–Crippen LogP) is -1.48. The SMILES string of the molecule is Cn1nnnc1CCc1nnnn1C. The Balaban J connectivity index is 2.02. The minimum Gasteiger partial charge on any atom is -0.233 e. The summed E-state index contributed by atoms with van der Waals surface area (Å²) in [5.74, 6) is 1.65. The van der Waals surface area contributed by atoms with Crippen LogP contribution < -0.4 is 0 Å². The van der Waals surface area contributed by atoms with E-state index in [2.05, 4.69) is 31.1 Å². The molecule has 0 aliphatic heterocycles. The number of nitrogens with zero attached hydrogens (tertiary/aromatic N) is 8. The molecule has 0 aliphatic carbocycles. The molecule has 2 aromatic heterocycles. The van der Waals surface area contributed by atoms with Crippen molar-refractivity contribution in [2.45, 2.75) is 12.8 Å². The highest BCUT2D eigenvalue weighted by Crippen LogP contribution is 1.97. The second-order valence-corrected chi connectivity index (χ2v) is 2.94. The molecule has 0 bridgehead atoms. The molecule has 0 aliphatic rings. The number of aryl methyl sites for hydroxylation is 4. The quantitative estimate of drug-likeness (QED) is 0.592. The topological polar surface area (TPSA) is 87.2 Å². The minimum atomic E-state index is 0.734. The highest BCUT2D eigenvalue weighted by Gasteiger charge is 2.06. The molecule has 2 aromatic rings. The van der Waals surface area contributed by atoms with Crippen molar-refractivity contribution in [1.82, 2.24) is 40.4 Å². The molecule has 0 atom stereocenters. The van der Waals surface area contributed by atoms with Crippen LogP contribution >= 0.6 is 0 Å². The van der Waals surface area contributed by atoms with Gasteiger partial charge in [0.25, 0.3) is 0 Å². The van der Waals surface area contributed by atoms with Crippen LogP contribution in [0.15, 0.2) is 0 Å². The summed E-state index contributed by atoms with van der Waals surface area (Å²) < 4.78 is 3.29. The smallest absolute Gasteiger partial charge is 0.151 e.